The van der Waals surface area contributed by atoms with E-state index in [2.05, 4.69) is 10.5 Å². The van der Waals surface area contributed by atoms with Crippen LogP contribution in [0.4, 0.5) is 5.69 Å². The molecule has 188 valence electrons. The summed E-state index contributed by atoms with van der Waals surface area (Å²) in [6.45, 7) is 0. The van der Waals surface area contributed by atoms with Crippen LogP contribution in [-0.2, 0) is 35.1 Å². The molecule has 0 saturated heterocycles. The van der Waals surface area contributed by atoms with Crippen molar-refractivity contribution in [2.24, 2.45) is 5.10 Å². The SMILES string of the molecule is O=C1C(S(=O)(=O)O)=Cc2cc(S(=O)(=O)O)ccc2/C1=N\Nc1ccc(S(=O)(=O)O)c2ccccc12.[NaH].[NaH].[NaH]. The number of rotatable bonds is 5. The molecule has 4 N–H and O–H groups in total. The Bertz CT molecular complexity index is 1820. The van der Waals surface area contributed by atoms with Crippen molar-refractivity contribution in [3.8, 4) is 0 Å². The van der Waals surface area contributed by atoms with Gasteiger partial charge in [-0.3, -0.25) is 23.9 Å². The van der Waals surface area contributed by atoms with Gasteiger partial charge in [-0.05, 0) is 35.9 Å². The summed E-state index contributed by atoms with van der Waals surface area (Å²) in [5.74, 6) is -1.20. The second-order valence-corrected chi connectivity index (χ2v) is 11.4. The molecule has 18 heteroatoms. The summed E-state index contributed by atoms with van der Waals surface area (Å²) in [5, 5.41) is 4.36. The Morgan fingerprint density at radius 2 is 1.32 bits per heavy atom. The van der Waals surface area contributed by atoms with E-state index < -0.39 is 51.6 Å². The summed E-state index contributed by atoms with van der Waals surface area (Å²) in [7, 11) is -14.3. The molecular formula is C20H17N2Na3O10S3. The van der Waals surface area contributed by atoms with Crippen molar-refractivity contribution in [2.45, 2.75) is 9.79 Å². The standard InChI is InChI=1S/C20H14N2O10S3.3Na.3H/c23-20-18(35(30,31)32)10-11-9-12(33(24,25)26)5-6-13(11)19(20)22-21-16-7-8-17(34(27,28)29)15-4-2-1-3-14(15)16;;;;;;/h1-10,21H,(H,24,25,26)(H,27,28,29)(H,30,31,32);;;;;;/b22-19+;;;;;;. The zero-order chi connectivity index (χ0) is 25.8. The zero-order valence-corrected chi connectivity index (χ0v) is 19.6. The van der Waals surface area contributed by atoms with Gasteiger partial charge in [0.25, 0.3) is 30.4 Å². The van der Waals surface area contributed by atoms with Gasteiger partial charge in [0.1, 0.15) is 15.5 Å². The Labute approximate surface area is 284 Å². The maximum absolute atomic E-state index is 12.8. The van der Waals surface area contributed by atoms with Crippen molar-refractivity contribution in [2.75, 3.05) is 5.43 Å². The van der Waals surface area contributed by atoms with Gasteiger partial charge in [0, 0.05) is 16.3 Å². The number of benzene rings is 3. The molecule has 3 aromatic rings. The van der Waals surface area contributed by atoms with Crippen molar-refractivity contribution < 1.29 is 43.7 Å². The van der Waals surface area contributed by atoms with Crippen molar-refractivity contribution >= 4 is 153 Å². The Kier molecular flexibility index (Phi) is 12.2. The van der Waals surface area contributed by atoms with Crippen LogP contribution in [0.3, 0.4) is 0 Å². The fraction of sp³-hybridized carbons (Fsp3) is 0. The van der Waals surface area contributed by atoms with Gasteiger partial charge in [0.2, 0.25) is 5.78 Å². The van der Waals surface area contributed by atoms with Gasteiger partial charge in [-0.1, -0.05) is 30.3 Å². The van der Waals surface area contributed by atoms with Gasteiger partial charge >= 0.3 is 88.7 Å². The number of allylic oxidation sites excluding steroid dienone is 1. The maximum atomic E-state index is 12.8. The number of Topliss-reactive ketones (excluding diaryl/α,β-unsaturated/α-hetero) is 1. The number of carbonyl (C=O) groups is 1. The second kappa shape index (κ2) is 13.0. The van der Waals surface area contributed by atoms with Crippen LogP contribution in [-0.4, -0.2) is 139 Å². The number of nitrogens with zero attached hydrogens (tertiary/aromatic N) is 1. The topological polar surface area (TPSA) is 205 Å². The Morgan fingerprint density at radius 1 is 0.711 bits per heavy atom. The molecule has 0 bridgehead atoms. The monoisotopic (exact) mass is 610 g/mol. The number of hydrogen-bond donors (Lipinski definition) is 4. The Balaban J connectivity index is 0.00000241. The molecule has 0 spiro atoms. The van der Waals surface area contributed by atoms with Crippen LogP contribution >= 0.6 is 0 Å². The predicted octanol–water partition coefficient (Wildman–Crippen LogP) is 0.0153. The average molecular weight is 611 g/mol. The molecule has 0 saturated carbocycles. The first-order chi connectivity index (χ1) is 16.2. The van der Waals surface area contributed by atoms with Gasteiger partial charge in [0.05, 0.1) is 10.6 Å². The molecule has 0 radical (unpaired) electrons. The van der Waals surface area contributed by atoms with Gasteiger partial charge < -0.3 is 0 Å². The van der Waals surface area contributed by atoms with Crippen molar-refractivity contribution in [1.82, 2.24) is 0 Å². The van der Waals surface area contributed by atoms with E-state index in [-0.39, 0.29) is 121 Å². The molecule has 0 heterocycles. The van der Waals surface area contributed by atoms with E-state index in [1.807, 2.05) is 0 Å². The van der Waals surface area contributed by atoms with E-state index in [9.17, 15) is 43.7 Å². The van der Waals surface area contributed by atoms with Crippen LogP contribution in [0.2, 0.25) is 0 Å². The van der Waals surface area contributed by atoms with Crippen LogP contribution in [0.1, 0.15) is 11.1 Å². The van der Waals surface area contributed by atoms with Gasteiger partial charge in [-0.25, -0.2) is 0 Å². The minimum absolute atomic E-state index is 0. The van der Waals surface area contributed by atoms with E-state index in [0.717, 1.165) is 30.3 Å². The number of hydrazone groups is 1. The molecule has 0 amide bonds. The van der Waals surface area contributed by atoms with Gasteiger partial charge in [0.15, 0.2) is 0 Å². The minimum atomic E-state index is -5.04. The molecule has 4 rings (SSSR count). The molecule has 0 aliphatic heterocycles. The predicted molar refractivity (Wildman–Crippen MR) is 146 cm³/mol. The van der Waals surface area contributed by atoms with Crippen LogP contribution in [0.5, 0.6) is 0 Å². The molecule has 1 aliphatic carbocycles. The zero-order valence-electron chi connectivity index (χ0n) is 17.1. The third-order valence-electron chi connectivity index (χ3n) is 5.03. The molecule has 38 heavy (non-hydrogen) atoms. The van der Waals surface area contributed by atoms with E-state index in [0.29, 0.717) is 0 Å². The summed E-state index contributed by atoms with van der Waals surface area (Å²) >= 11 is 0. The summed E-state index contributed by atoms with van der Waals surface area (Å²) in [4.78, 5) is 10.8. The summed E-state index contributed by atoms with van der Waals surface area (Å²) in [6, 6.07) is 11.4. The quantitative estimate of drug-likeness (QED) is 0.172. The number of fused-ring (bicyclic) bond motifs is 2. The number of nitrogens with one attached hydrogen (secondary N) is 1. The van der Waals surface area contributed by atoms with Gasteiger partial charge in [-0.2, -0.15) is 30.4 Å². The van der Waals surface area contributed by atoms with E-state index >= 15 is 0 Å². The molecule has 12 nitrogen and oxygen atoms in total. The molecule has 3 aromatic carbocycles. The number of ketones is 1. The fourth-order valence-electron chi connectivity index (χ4n) is 3.49. The molecule has 0 aromatic heterocycles. The second-order valence-electron chi connectivity index (χ2n) is 7.24. The van der Waals surface area contributed by atoms with Crippen LogP contribution in [0, 0.1) is 0 Å². The van der Waals surface area contributed by atoms with E-state index in [1.165, 1.54) is 24.3 Å². The van der Waals surface area contributed by atoms with Crippen LogP contribution in [0.15, 0.2) is 74.4 Å². The summed E-state index contributed by atoms with van der Waals surface area (Å²) < 4.78 is 98.1. The summed E-state index contributed by atoms with van der Waals surface area (Å²) in [6.07, 6.45) is 0.747. The first-order valence-corrected chi connectivity index (χ1v) is 13.7. The average Bonchev–Trinajstić information content (AvgIpc) is 2.75. The summed E-state index contributed by atoms with van der Waals surface area (Å²) in [5.41, 5.74) is 2.05. The third kappa shape index (κ3) is 7.43. The first-order valence-electron chi connectivity index (χ1n) is 9.36. The normalized spacial score (nSPS) is 14.4. The third-order valence-corrected chi connectivity index (χ3v) is 7.65. The van der Waals surface area contributed by atoms with Crippen LogP contribution < -0.4 is 5.43 Å². The van der Waals surface area contributed by atoms with Crippen molar-refractivity contribution in [3.05, 3.63) is 70.6 Å². The molecule has 0 fully saturated rings. The van der Waals surface area contributed by atoms with Crippen molar-refractivity contribution in [3.63, 3.8) is 0 Å². The molecule has 0 unspecified atom stereocenters. The number of anilines is 1. The van der Waals surface area contributed by atoms with Crippen LogP contribution in [0.25, 0.3) is 16.8 Å². The molecule has 1 aliphatic rings. The molecular weight excluding hydrogens is 593 g/mol. The van der Waals surface area contributed by atoms with E-state index in [1.54, 1.807) is 6.07 Å². The Morgan fingerprint density at radius 3 is 1.87 bits per heavy atom. The van der Waals surface area contributed by atoms with E-state index in [4.69, 9.17) is 0 Å². The van der Waals surface area contributed by atoms with Gasteiger partial charge in [-0.15, -0.1) is 0 Å². The fourth-order valence-corrected chi connectivity index (χ4v) is 5.31. The van der Waals surface area contributed by atoms with Crippen molar-refractivity contribution in [1.29, 1.82) is 0 Å². The number of carbonyl (C=O) groups excluding carboxylic acids is 1. The Hall–Kier alpha value is -0.470. The number of hydrogen-bond acceptors (Lipinski definition) is 9. The molecule has 0 atom stereocenters. The first kappa shape index (κ1) is 35.6.